The van der Waals surface area contributed by atoms with E-state index in [1.54, 1.807) is 16.8 Å². The standard InChI is InChI=1S/C21H19ClN2O2/c22-19-6-2-1-5-17(19)10-13-20(25)23-18-11-8-16(9-12-18)15-24-14-4-3-7-21(24)26/h1-9,11-12,14H,10,13,15H2,(H,23,25). The van der Waals surface area contributed by atoms with E-state index in [1.165, 1.54) is 6.07 Å². The third-order valence-corrected chi connectivity index (χ3v) is 4.44. The Morgan fingerprint density at radius 2 is 1.69 bits per heavy atom. The predicted molar refractivity (Wildman–Crippen MR) is 105 cm³/mol. The molecule has 3 aromatic rings. The van der Waals surface area contributed by atoms with Gasteiger partial charge in [-0.05, 0) is 41.8 Å². The van der Waals surface area contributed by atoms with Crippen molar-refractivity contribution in [3.63, 3.8) is 0 Å². The molecule has 1 heterocycles. The Morgan fingerprint density at radius 3 is 2.42 bits per heavy atom. The normalized spacial score (nSPS) is 10.5. The molecule has 2 aromatic carbocycles. The Kier molecular flexibility index (Phi) is 5.87. The molecule has 0 saturated carbocycles. The number of carbonyl (C=O) groups is 1. The van der Waals surface area contributed by atoms with Crippen LogP contribution >= 0.6 is 11.6 Å². The average Bonchev–Trinajstić information content (AvgIpc) is 2.64. The summed E-state index contributed by atoms with van der Waals surface area (Å²) in [6.07, 6.45) is 2.72. The number of halogens is 1. The first-order chi connectivity index (χ1) is 12.6. The monoisotopic (exact) mass is 366 g/mol. The van der Waals surface area contributed by atoms with Gasteiger partial charge >= 0.3 is 0 Å². The lowest BCUT2D eigenvalue weighted by Crippen LogP contribution is -2.18. The molecule has 0 atom stereocenters. The first-order valence-electron chi connectivity index (χ1n) is 8.39. The second-order valence-corrected chi connectivity index (χ2v) is 6.41. The maximum absolute atomic E-state index is 12.1. The quantitative estimate of drug-likeness (QED) is 0.713. The van der Waals surface area contributed by atoms with E-state index in [0.717, 1.165) is 16.8 Å². The topological polar surface area (TPSA) is 51.1 Å². The van der Waals surface area contributed by atoms with E-state index in [-0.39, 0.29) is 11.5 Å². The molecule has 0 aliphatic carbocycles. The summed E-state index contributed by atoms with van der Waals surface area (Å²) in [5.74, 6) is -0.0584. The second kappa shape index (κ2) is 8.50. The van der Waals surface area contributed by atoms with Gasteiger partial charge in [-0.2, -0.15) is 0 Å². The van der Waals surface area contributed by atoms with Gasteiger partial charge in [0.05, 0.1) is 6.54 Å². The van der Waals surface area contributed by atoms with Crippen LogP contribution in [-0.4, -0.2) is 10.5 Å². The summed E-state index contributed by atoms with van der Waals surface area (Å²) in [5, 5.41) is 3.56. The van der Waals surface area contributed by atoms with Crippen molar-refractivity contribution in [3.05, 3.63) is 99.4 Å². The highest BCUT2D eigenvalue weighted by Gasteiger charge is 2.06. The van der Waals surface area contributed by atoms with E-state index < -0.39 is 0 Å². The van der Waals surface area contributed by atoms with Gasteiger partial charge in [0.1, 0.15) is 0 Å². The number of rotatable bonds is 6. The fourth-order valence-electron chi connectivity index (χ4n) is 2.65. The van der Waals surface area contributed by atoms with E-state index in [2.05, 4.69) is 5.32 Å². The lowest BCUT2D eigenvalue weighted by molar-refractivity contribution is -0.116. The summed E-state index contributed by atoms with van der Waals surface area (Å²) in [4.78, 5) is 23.9. The summed E-state index contributed by atoms with van der Waals surface area (Å²) in [6.45, 7) is 0.500. The van der Waals surface area contributed by atoms with Gasteiger partial charge in [-0.1, -0.05) is 48.0 Å². The molecule has 3 rings (SSSR count). The molecule has 132 valence electrons. The zero-order chi connectivity index (χ0) is 18.4. The van der Waals surface area contributed by atoms with E-state index in [1.807, 2.05) is 54.6 Å². The Balaban J connectivity index is 1.55. The maximum Gasteiger partial charge on any atom is 0.250 e. The lowest BCUT2D eigenvalue weighted by Gasteiger charge is -2.08. The van der Waals surface area contributed by atoms with Crippen LogP contribution in [0.5, 0.6) is 0 Å². The molecule has 0 spiro atoms. The number of nitrogens with zero attached hydrogens (tertiary/aromatic N) is 1. The number of anilines is 1. The summed E-state index contributed by atoms with van der Waals surface area (Å²) < 4.78 is 1.64. The molecular formula is C21H19ClN2O2. The highest BCUT2D eigenvalue weighted by Crippen LogP contribution is 2.17. The number of carbonyl (C=O) groups excluding carboxylic acids is 1. The Bertz CT molecular complexity index is 948. The molecule has 5 heteroatoms. The van der Waals surface area contributed by atoms with Gasteiger partial charge < -0.3 is 9.88 Å². The van der Waals surface area contributed by atoms with E-state index >= 15 is 0 Å². The van der Waals surface area contributed by atoms with Crippen molar-refractivity contribution in [1.29, 1.82) is 0 Å². The first kappa shape index (κ1) is 18.0. The maximum atomic E-state index is 12.1. The minimum Gasteiger partial charge on any atom is -0.326 e. The van der Waals surface area contributed by atoms with Gasteiger partial charge in [-0.25, -0.2) is 0 Å². The molecular weight excluding hydrogens is 348 g/mol. The summed E-state index contributed by atoms with van der Waals surface area (Å²) in [7, 11) is 0. The molecule has 4 nitrogen and oxygen atoms in total. The lowest BCUT2D eigenvalue weighted by atomic mass is 10.1. The number of nitrogens with one attached hydrogen (secondary N) is 1. The Morgan fingerprint density at radius 1 is 0.962 bits per heavy atom. The number of amides is 1. The van der Waals surface area contributed by atoms with Crippen molar-refractivity contribution in [1.82, 2.24) is 4.57 Å². The Labute approximate surface area is 157 Å². The number of benzene rings is 2. The van der Waals surface area contributed by atoms with Crippen LogP contribution < -0.4 is 10.9 Å². The summed E-state index contributed by atoms with van der Waals surface area (Å²) in [5.41, 5.74) is 2.66. The van der Waals surface area contributed by atoms with E-state index in [0.29, 0.717) is 24.4 Å². The summed E-state index contributed by atoms with van der Waals surface area (Å²) in [6, 6.07) is 20.1. The van der Waals surface area contributed by atoms with E-state index in [4.69, 9.17) is 11.6 Å². The number of aromatic nitrogens is 1. The van der Waals surface area contributed by atoms with Crippen molar-refractivity contribution in [2.24, 2.45) is 0 Å². The predicted octanol–water partition coefficient (Wildman–Crippen LogP) is 4.12. The van der Waals surface area contributed by atoms with Gasteiger partial charge in [-0.3, -0.25) is 9.59 Å². The van der Waals surface area contributed by atoms with Crippen molar-refractivity contribution in [3.8, 4) is 0 Å². The van der Waals surface area contributed by atoms with E-state index in [9.17, 15) is 9.59 Å². The number of aryl methyl sites for hydroxylation is 1. The van der Waals surface area contributed by atoms with Gasteiger partial charge in [0.15, 0.2) is 0 Å². The molecule has 0 bridgehead atoms. The van der Waals surface area contributed by atoms with Crippen LogP contribution in [0.25, 0.3) is 0 Å². The highest BCUT2D eigenvalue weighted by atomic mass is 35.5. The number of hydrogen-bond acceptors (Lipinski definition) is 2. The largest absolute Gasteiger partial charge is 0.326 e. The van der Waals surface area contributed by atoms with Gasteiger partial charge in [-0.15, -0.1) is 0 Å². The zero-order valence-electron chi connectivity index (χ0n) is 14.2. The second-order valence-electron chi connectivity index (χ2n) is 6.00. The van der Waals surface area contributed by atoms with Crippen LogP contribution in [-0.2, 0) is 17.8 Å². The first-order valence-corrected chi connectivity index (χ1v) is 8.77. The SMILES string of the molecule is O=C(CCc1ccccc1Cl)Nc1ccc(Cn2ccccc2=O)cc1. The fourth-order valence-corrected chi connectivity index (χ4v) is 2.88. The van der Waals surface area contributed by atoms with Gasteiger partial charge in [0.25, 0.3) is 5.56 Å². The van der Waals surface area contributed by atoms with Crippen LogP contribution in [0, 0.1) is 0 Å². The van der Waals surface area contributed by atoms with Crippen molar-refractivity contribution in [2.45, 2.75) is 19.4 Å². The van der Waals surface area contributed by atoms with Crippen molar-refractivity contribution >= 4 is 23.2 Å². The highest BCUT2D eigenvalue weighted by molar-refractivity contribution is 6.31. The van der Waals surface area contributed by atoms with Gasteiger partial charge in [0.2, 0.25) is 5.91 Å². The fraction of sp³-hybridized carbons (Fsp3) is 0.143. The molecule has 26 heavy (non-hydrogen) atoms. The number of pyridine rings is 1. The molecule has 0 fully saturated rings. The van der Waals surface area contributed by atoms with Crippen LogP contribution in [0.15, 0.2) is 77.7 Å². The minimum atomic E-state index is -0.0584. The third kappa shape index (κ3) is 4.83. The van der Waals surface area contributed by atoms with Crippen molar-refractivity contribution in [2.75, 3.05) is 5.32 Å². The molecule has 0 aliphatic rings. The van der Waals surface area contributed by atoms with Crippen LogP contribution in [0.4, 0.5) is 5.69 Å². The van der Waals surface area contributed by atoms with Crippen molar-refractivity contribution < 1.29 is 4.79 Å². The molecule has 1 aromatic heterocycles. The minimum absolute atomic E-state index is 0.0375. The molecule has 1 amide bonds. The number of hydrogen-bond donors (Lipinski definition) is 1. The van der Waals surface area contributed by atoms with Crippen LogP contribution in [0.3, 0.4) is 0 Å². The molecule has 0 aliphatic heterocycles. The zero-order valence-corrected chi connectivity index (χ0v) is 14.9. The third-order valence-electron chi connectivity index (χ3n) is 4.07. The van der Waals surface area contributed by atoms with Crippen LogP contribution in [0.1, 0.15) is 17.5 Å². The molecule has 0 saturated heterocycles. The van der Waals surface area contributed by atoms with Gasteiger partial charge in [0, 0.05) is 29.4 Å². The average molecular weight is 367 g/mol. The molecule has 0 radical (unpaired) electrons. The molecule has 1 N–H and O–H groups in total. The van der Waals surface area contributed by atoms with Crippen LogP contribution in [0.2, 0.25) is 5.02 Å². The Hall–Kier alpha value is -2.85. The molecule has 0 unspecified atom stereocenters. The smallest absolute Gasteiger partial charge is 0.250 e. The summed E-state index contributed by atoms with van der Waals surface area (Å²) >= 11 is 6.11.